The first kappa shape index (κ1) is 11.4. The van der Waals surface area contributed by atoms with Crippen molar-refractivity contribution in [1.29, 1.82) is 0 Å². The third-order valence-corrected chi connectivity index (χ3v) is 2.78. The molecule has 1 atom stereocenters. The van der Waals surface area contributed by atoms with Gasteiger partial charge in [-0.3, -0.25) is 0 Å². The number of rotatable bonds is 3. The first-order chi connectivity index (χ1) is 6.56. The zero-order chi connectivity index (χ0) is 10.7. The first-order valence-electron chi connectivity index (χ1n) is 4.63. The maximum absolute atomic E-state index is 8.87. The standard InChI is InChI=1S/C11H16O2S/c1-7(6-12)13-10-4-5-11(14)9(3)8(10)2/h4-5,7,12,14H,6H2,1-3H3. The van der Waals surface area contributed by atoms with Crippen LogP contribution in [0.3, 0.4) is 0 Å². The van der Waals surface area contributed by atoms with Crippen LogP contribution in [0.15, 0.2) is 17.0 Å². The van der Waals surface area contributed by atoms with Gasteiger partial charge in [0.15, 0.2) is 0 Å². The van der Waals surface area contributed by atoms with Crippen LogP contribution in [0.1, 0.15) is 18.1 Å². The van der Waals surface area contributed by atoms with Gasteiger partial charge in [0, 0.05) is 4.90 Å². The molecule has 3 heteroatoms. The van der Waals surface area contributed by atoms with E-state index < -0.39 is 0 Å². The maximum atomic E-state index is 8.87. The molecule has 0 spiro atoms. The largest absolute Gasteiger partial charge is 0.488 e. The smallest absolute Gasteiger partial charge is 0.123 e. The second-order valence-electron chi connectivity index (χ2n) is 3.44. The zero-order valence-corrected chi connectivity index (χ0v) is 9.64. The highest BCUT2D eigenvalue weighted by molar-refractivity contribution is 7.80. The fourth-order valence-electron chi connectivity index (χ4n) is 1.16. The van der Waals surface area contributed by atoms with E-state index in [4.69, 9.17) is 9.84 Å². The van der Waals surface area contributed by atoms with E-state index in [0.29, 0.717) is 0 Å². The summed E-state index contributed by atoms with van der Waals surface area (Å²) >= 11 is 4.32. The minimum absolute atomic E-state index is 0.0289. The van der Waals surface area contributed by atoms with E-state index in [1.54, 1.807) is 0 Å². The van der Waals surface area contributed by atoms with E-state index in [-0.39, 0.29) is 12.7 Å². The van der Waals surface area contributed by atoms with Crippen molar-refractivity contribution in [3.05, 3.63) is 23.3 Å². The number of thiol groups is 1. The average Bonchev–Trinajstić information content (AvgIpc) is 2.19. The van der Waals surface area contributed by atoms with Crippen LogP contribution in [0, 0.1) is 13.8 Å². The predicted octanol–water partition coefficient (Wildman–Crippen LogP) is 2.35. The molecule has 0 bridgehead atoms. The summed E-state index contributed by atoms with van der Waals surface area (Å²) in [4.78, 5) is 0.964. The number of aliphatic hydroxyl groups is 1. The average molecular weight is 212 g/mol. The van der Waals surface area contributed by atoms with Crippen molar-refractivity contribution >= 4 is 12.6 Å². The van der Waals surface area contributed by atoms with Crippen LogP contribution in [-0.4, -0.2) is 17.8 Å². The van der Waals surface area contributed by atoms with Crippen LogP contribution in [0.25, 0.3) is 0 Å². The molecule has 0 fully saturated rings. The molecule has 78 valence electrons. The Morgan fingerprint density at radius 1 is 1.36 bits per heavy atom. The molecule has 0 saturated heterocycles. The summed E-state index contributed by atoms with van der Waals surface area (Å²) in [6, 6.07) is 3.79. The highest BCUT2D eigenvalue weighted by atomic mass is 32.1. The third kappa shape index (κ3) is 2.42. The molecule has 1 aromatic carbocycles. The van der Waals surface area contributed by atoms with Crippen molar-refractivity contribution in [1.82, 2.24) is 0 Å². The first-order valence-corrected chi connectivity index (χ1v) is 5.07. The molecule has 1 aromatic rings. The monoisotopic (exact) mass is 212 g/mol. The summed E-state index contributed by atoms with van der Waals surface area (Å²) in [5, 5.41) is 8.87. The Balaban J connectivity index is 2.94. The summed E-state index contributed by atoms with van der Waals surface area (Å²) in [5.74, 6) is 0.821. The fourth-order valence-corrected chi connectivity index (χ4v) is 1.41. The second-order valence-corrected chi connectivity index (χ2v) is 3.93. The highest BCUT2D eigenvalue weighted by Gasteiger charge is 2.08. The molecule has 0 aromatic heterocycles. The molecule has 0 heterocycles. The number of hydrogen-bond donors (Lipinski definition) is 2. The molecule has 14 heavy (non-hydrogen) atoms. The van der Waals surface area contributed by atoms with Crippen molar-refractivity contribution < 1.29 is 9.84 Å². The van der Waals surface area contributed by atoms with Crippen molar-refractivity contribution in [2.45, 2.75) is 31.8 Å². The van der Waals surface area contributed by atoms with Gasteiger partial charge in [0.05, 0.1) is 6.61 Å². The Morgan fingerprint density at radius 3 is 2.57 bits per heavy atom. The van der Waals surface area contributed by atoms with Gasteiger partial charge in [-0.2, -0.15) is 0 Å². The van der Waals surface area contributed by atoms with E-state index >= 15 is 0 Å². The van der Waals surface area contributed by atoms with Gasteiger partial charge in [-0.15, -0.1) is 12.6 Å². The summed E-state index contributed by atoms with van der Waals surface area (Å²) in [6.45, 7) is 5.87. The van der Waals surface area contributed by atoms with Crippen molar-refractivity contribution in [2.75, 3.05) is 6.61 Å². The molecule has 2 nitrogen and oxygen atoms in total. The van der Waals surface area contributed by atoms with Crippen molar-refractivity contribution in [3.8, 4) is 5.75 Å². The minimum atomic E-state index is -0.168. The molecular weight excluding hydrogens is 196 g/mol. The molecule has 0 aliphatic heterocycles. The lowest BCUT2D eigenvalue weighted by molar-refractivity contribution is 0.129. The third-order valence-electron chi connectivity index (χ3n) is 2.29. The lowest BCUT2D eigenvalue weighted by atomic mass is 10.1. The Kier molecular flexibility index (Phi) is 3.84. The maximum Gasteiger partial charge on any atom is 0.123 e. The van der Waals surface area contributed by atoms with E-state index in [0.717, 1.165) is 21.8 Å². The number of aliphatic hydroxyl groups excluding tert-OH is 1. The Bertz CT molecular complexity index is 323. The molecule has 1 rings (SSSR count). The molecule has 0 amide bonds. The van der Waals surface area contributed by atoms with E-state index in [1.165, 1.54) is 0 Å². The number of benzene rings is 1. The van der Waals surface area contributed by atoms with Gasteiger partial charge >= 0.3 is 0 Å². The lowest BCUT2D eigenvalue weighted by Crippen LogP contribution is -2.16. The van der Waals surface area contributed by atoms with Crippen LogP contribution in [0.5, 0.6) is 5.75 Å². The molecule has 0 aliphatic rings. The molecule has 0 saturated carbocycles. The molecule has 0 aliphatic carbocycles. The topological polar surface area (TPSA) is 29.5 Å². The fraction of sp³-hybridized carbons (Fsp3) is 0.455. The summed E-state index contributed by atoms with van der Waals surface area (Å²) in [5.41, 5.74) is 2.20. The molecule has 1 unspecified atom stereocenters. The molecule has 1 N–H and O–H groups in total. The van der Waals surface area contributed by atoms with Gasteiger partial charge in [0.1, 0.15) is 11.9 Å². The number of hydrogen-bond acceptors (Lipinski definition) is 3. The van der Waals surface area contributed by atoms with Gasteiger partial charge < -0.3 is 9.84 Å². The lowest BCUT2D eigenvalue weighted by Gasteiger charge is -2.16. The summed E-state index contributed by atoms with van der Waals surface area (Å²) in [6.07, 6.45) is -0.168. The summed E-state index contributed by atoms with van der Waals surface area (Å²) in [7, 11) is 0. The van der Waals surface area contributed by atoms with E-state index in [9.17, 15) is 0 Å². The van der Waals surface area contributed by atoms with Crippen LogP contribution >= 0.6 is 12.6 Å². The van der Waals surface area contributed by atoms with Gasteiger partial charge in [-0.1, -0.05) is 0 Å². The molecular formula is C11H16O2S. The Hall–Kier alpha value is -0.670. The van der Waals surface area contributed by atoms with E-state index in [2.05, 4.69) is 12.6 Å². The second kappa shape index (κ2) is 4.71. The van der Waals surface area contributed by atoms with Crippen molar-refractivity contribution in [2.24, 2.45) is 0 Å². The quantitative estimate of drug-likeness (QED) is 0.753. The zero-order valence-electron chi connectivity index (χ0n) is 8.74. The van der Waals surface area contributed by atoms with Crippen LogP contribution < -0.4 is 4.74 Å². The predicted molar refractivity (Wildman–Crippen MR) is 60.3 cm³/mol. The van der Waals surface area contributed by atoms with Gasteiger partial charge in [0.25, 0.3) is 0 Å². The Labute approximate surface area is 90.3 Å². The molecule has 0 radical (unpaired) electrons. The van der Waals surface area contributed by atoms with Gasteiger partial charge in [-0.25, -0.2) is 0 Å². The highest BCUT2D eigenvalue weighted by Crippen LogP contribution is 2.26. The van der Waals surface area contributed by atoms with Crippen LogP contribution in [0.4, 0.5) is 0 Å². The minimum Gasteiger partial charge on any atom is -0.488 e. The van der Waals surface area contributed by atoms with Crippen LogP contribution in [0.2, 0.25) is 0 Å². The SMILES string of the molecule is Cc1c(S)ccc(OC(C)CO)c1C. The number of ether oxygens (including phenoxy) is 1. The summed E-state index contributed by atoms with van der Waals surface area (Å²) < 4.78 is 5.55. The van der Waals surface area contributed by atoms with Crippen LogP contribution in [-0.2, 0) is 0 Å². The van der Waals surface area contributed by atoms with Crippen molar-refractivity contribution in [3.63, 3.8) is 0 Å². The normalized spacial score (nSPS) is 12.6. The van der Waals surface area contributed by atoms with Gasteiger partial charge in [0.2, 0.25) is 0 Å². The van der Waals surface area contributed by atoms with E-state index in [1.807, 2.05) is 32.9 Å². The van der Waals surface area contributed by atoms with Gasteiger partial charge in [-0.05, 0) is 44.0 Å². The Morgan fingerprint density at radius 2 is 2.00 bits per heavy atom.